The minimum absolute atomic E-state index is 0.505. The summed E-state index contributed by atoms with van der Waals surface area (Å²) in [4.78, 5) is 6.93. The van der Waals surface area contributed by atoms with Gasteiger partial charge in [0.05, 0.1) is 0 Å². The fourth-order valence-electron chi connectivity index (χ4n) is 2.22. The molecule has 3 nitrogen and oxygen atoms in total. The van der Waals surface area contributed by atoms with Gasteiger partial charge in [0.25, 0.3) is 0 Å². The number of nitrogens with zero attached hydrogens (tertiary/aromatic N) is 3. The molecule has 0 bridgehead atoms. The molecule has 0 saturated carbocycles. The quantitative estimate of drug-likeness (QED) is 0.743. The standard InChI is InChI=1S/C12H21N3/c1-11(2)15-10-7-13-12(15)14-8-5-3-4-6-9-14/h7,10-11H,3-6,8-9H2,1-2H3. The average Bonchev–Trinajstić information content (AvgIpc) is 2.55. The van der Waals surface area contributed by atoms with Gasteiger partial charge >= 0.3 is 0 Å². The van der Waals surface area contributed by atoms with E-state index in [9.17, 15) is 0 Å². The summed E-state index contributed by atoms with van der Waals surface area (Å²) in [5.74, 6) is 1.16. The van der Waals surface area contributed by atoms with Crippen LogP contribution in [0.25, 0.3) is 0 Å². The number of hydrogen-bond donors (Lipinski definition) is 0. The first kappa shape index (κ1) is 10.5. The lowest BCUT2D eigenvalue weighted by Crippen LogP contribution is -2.27. The minimum Gasteiger partial charge on any atom is -0.342 e. The van der Waals surface area contributed by atoms with Crippen molar-refractivity contribution in [3.63, 3.8) is 0 Å². The van der Waals surface area contributed by atoms with E-state index >= 15 is 0 Å². The third kappa shape index (κ3) is 2.33. The molecule has 1 aromatic heterocycles. The highest BCUT2D eigenvalue weighted by Crippen LogP contribution is 2.20. The molecule has 1 aliphatic heterocycles. The number of imidazole rings is 1. The predicted octanol–water partition coefficient (Wildman–Crippen LogP) is 2.84. The maximum Gasteiger partial charge on any atom is 0.205 e. The Kier molecular flexibility index (Phi) is 3.29. The monoisotopic (exact) mass is 207 g/mol. The molecule has 1 aliphatic rings. The van der Waals surface area contributed by atoms with Gasteiger partial charge in [-0.1, -0.05) is 12.8 Å². The van der Waals surface area contributed by atoms with Crippen LogP contribution in [0.5, 0.6) is 0 Å². The lowest BCUT2D eigenvalue weighted by molar-refractivity contribution is 0.584. The maximum absolute atomic E-state index is 4.49. The SMILES string of the molecule is CC(C)n1ccnc1N1CCCCCC1. The van der Waals surface area contributed by atoms with E-state index in [1.165, 1.54) is 38.8 Å². The predicted molar refractivity (Wildman–Crippen MR) is 63.3 cm³/mol. The summed E-state index contributed by atoms with van der Waals surface area (Å²) in [5.41, 5.74) is 0. The highest BCUT2D eigenvalue weighted by atomic mass is 15.3. The summed E-state index contributed by atoms with van der Waals surface area (Å²) in [6.07, 6.45) is 9.37. The van der Waals surface area contributed by atoms with Gasteiger partial charge in [-0.15, -0.1) is 0 Å². The molecular weight excluding hydrogens is 186 g/mol. The molecule has 0 aromatic carbocycles. The van der Waals surface area contributed by atoms with Gasteiger partial charge in [0.1, 0.15) is 0 Å². The number of aromatic nitrogens is 2. The van der Waals surface area contributed by atoms with Crippen molar-refractivity contribution in [2.24, 2.45) is 0 Å². The van der Waals surface area contributed by atoms with Crippen LogP contribution < -0.4 is 4.90 Å². The number of hydrogen-bond acceptors (Lipinski definition) is 2. The van der Waals surface area contributed by atoms with Crippen molar-refractivity contribution in [3.05, 3.63) is 12.4 Å². The van der Waals surface area contributed by atoms with E-state index in [1.807, 2.05) is 6.20 Å². The van der Waals surface area contributed by atoms with E-state index in [0.29, 0.717) is 6.04 Å². The molecule has 0 radical (unpaired) electrons. The molecule has 1 saturated heterocycles. The van der Waals surface area contributed by atoms with Gasteiger partial charge in [-0.2, -0.15) is 0 Å². The van der Waals surface area contributed by atoms with Gasteiger partial charge in [0.15, 0.2) is 0 Å². The zero-order valence-electron chi connectivity index (χ0n) is 9.82. The van der Waals surface area contributed by atoms with Crippen LogP contribution in [0.2, 0.25) is 0 Å². The number of anilines is 1. The van der Waals surface area contributed by atoms with Gasteiger partial charge in [0, 0.05) is 31.5 Å². The fourth-order valence-corrected chi connectivity index (χ4v) is 2.22. The lowest BCUT2D eigenvalue weighted by Gasteiger charge is -2.24. The molecular formula is C12H21N3. The summed E-state index contributed by atoms with van der Waals surface area (Å²) in [7, 11) is 0. The summed E-state index contributed by atoms with van der Waals surface area (Å²) in [5, 5.41) is 0. The van der Waals surface area contributed by atoms with Crippen molar-refractivity contribution in [1.82, 2.24) is 9.55 Å². The van der Waals surface area contributed by atoms with E-state index in [2.05, 4.69) is 34.5 Å². The third-order valence-corrected chi connectivity index (χ3v) is 3.09. The van der Waals surface area contributed by atoms with E-state index in [1.54, 1.807) is 0 Å². The molecule has 1 aromatic rings. The van der Waals surface area contributed by atoms with Crippen LogP contribution >= 0.6 is 0 Å². The Morgan fingerprint density at radius 3 is 2.40 bits per heavy atom. The number of rotatable bonds is 2. The Labute approximate surface area is 92.1 Å². The molecule has 0 unspecified atom stereocenters. The Morgan fingerprint density at radius 1 is 1.13 bits per heavy atom. The smallest absolute Gasteiger partial charge is 0.205 e. The molecule has 0 spiro atoms. The normalized spacial score (nSPS) is 18.2. The average molecular weight is 207 g/mol. The van der Waals surface area contributed by atoms with Gasteiger partial charge in [-0.25, -0.2) is 4.98 Å². The van der Waals surface area contributed by atoms with Crippen molar-refractivity contribution >= 4 is 5.95 Å². The molecule has 2 rings (SSSR count). The van der Waals surface area contributed by atoms with Crippen LogP contribution in [0.15, 0.2) is 12.4 Å². The van der Waals surface area contributed by atoms with Crippen LogP contribution in [0, 0.1) is 0 Å². The molecule has 0 N–H and O–H groups in total. The van der Waals surface area contributed by atoms with E-state index in [0.717, 1.165) is 5.95 Å². The first-order valence-corrected chi connectivity index (χ1v) is 6.07. The maximum atomic E-state index is 4.49. The Bertz CT molecular complexity index is 296. The summed E-state index contributed by atoms with van der Waals surface area (Å²) in [6.45, 7) is 6.76. The first-order chi connectivity index (χ1) is 7.29. The first-order valence-electron chi connectivity index (χ1n) is 6.07. The summed E-state index contributed by atoms with van der Waals surface area (Å²) in [6, 6.07) is 0.505. The molecule has 0 aliphatic carbocycles. The molecule has 1 fully saturated rings. The zero-order chi connectivity index (χ0) is 10.7. The molecule has 15 heavy (non-hydrogen) atoms. The van der Waals surface area contributed by atoms with Crippen LogP contribution in [-0.2, 0) is 0 Å². The van der Waals surface area contributed by atoms with E-state index in [-0.39, 0.29) is 0 Å². The van der Waals surface area contributed by atoms with E-state index in [4.69, 9.17) is 0 Å². The van der Waals surface area contributed by atoms with Crippen LogP contribution in [-0.4, -0.2) is 22.6 Å². The van der Waals surface area contributed by atoms with Crippen LogP contribution in [0.4, 0.5) is 5.95 Å². The molecule has 84 valence electrons. The van der Waals surface area contributed by atoms with Crippen molar-refractivity contribution in [1.29, 1.82) is 0 Å². The van der Waals surface area contributed by atoms with Gasteiger partial charge in [0.2, 0.25) is 5.95 Å². The zero-order valence-corrected chi connectivity index (χ0v) is 9.82. The Balaban J connectivity index is 2.15. The second-order valence-electron chi connectivity index (χ2n) is 4.63. The van der Waals surface area contributed by atoms with Crippen molar-refractivity contribution < 1.29 is 0 Å². The second-order valence-corrected chi connectivity index (χ2v) is 4.63. The van der Waals surface area contributed by atoms with Gasteiger partial charge < -0.3 is 9.47 Å². The molecule has 3 heteroatoms. The Morgan fingerprint density at radius 2 is 1.80 bits per heavy atom. The van der Waals surface area contributed by atoms with Crippen molar-refractivity contribution in [3.8, 4) is 0 Å². The Hall–Kier alpha value is -0.990. The van der Waals surface area contributed by atoms with Gasteiger partial charge in [-0.3, -0.25) is 0 Å². The summed E-state index contributed by atoms with van der Waals surface area (Å²) < 4.78 is 2.27. The third-order valence-electron chi connectivity index (χ3n) is 3.09. The highest BCUT2D eigenvalue weighted by molar-refractivity contribution is 5.31. The summed E-state index contributed by atoms with van der Waals surface area (Å²) >= 11 is 0. The largest absolute Gasteiger partial charge is 0.342 e. The second kappa shape index (κ2) is 4.69. The lowest BCUT2D eigenvalue weighted by atomic mass is 10.2. The topological polar surface area (TPSA) is 21.1 Å². The van der Waals surface area contributed by atoms with Crippen LogP contribution in [0.1, 0.15) is 45.6 Å². The highest BCUT2D eigenvalue weighted by Gasteiger charge is 2.15. The molecule has 0 amide bonds. The van der Waals surface area contributed by atoms with Crippen LogP contribution in [0.3, 0.4) is 0 Å². The molecule has 2 heterocycles. The fraction of sp³-hybridized carbons (Fsp3) is 0.750. The van der Waals surface area contributed by atoms with Gasteiger partial charge in [-0.05, 0) is 26.7 Å². The van der Waals surface area contributed by atoms with Crippen molar-refractivity contribution in [2.75, 3.05) is 18.0 Å². The minimum atomic E-state index is 0.505. The van der Waals surface area contributed by atoms with E-state index < -0.39 is 0 Å². The van der Waals surface area contributed by atoms with Crippen molar-refractivity contribution in [2.45, 2.75) is 45.6 Å². The molecule has 0 atom stereocenters.